The molecule has 1 fully saturated rings. The van der Waals surface area contributed by atoms with Crippen molar-refractivity contribution in [2.24, 2.45) is 11.8 Å². The van der Waals surface area contributed by atoms with Crippen molar-refractivity contribution in [2.75, 3.05) is 7.11 Å². The topological polar surface area (TPSA) is 43.4 Å². The number of aldehydes is 1. The van der Waals surface area contributed by atoms with Gasteiger partial charge in [-0.3, -0.25) is 4.79 Å². The van der Waals surface area contributed by atoms with Crippen LogP contribution >= 0.6 is 31.9 Å². The molecule has 4 rings (SSSR count). The van der Waals surface area contributed by atoms with Gasteiger partial charge in [-0.2, -0.15) is 0 Å². The number of hydrogen-bond acceptors (Lipinski definition) is 3. The fraction of sp³-hybridized carbons (Fsp3) is 0.214. The van der Waals surface area contributed by atoms with E-state index in [0.29, 0.717) is 6.42 Å². The van der Waals surface area contributed by atoms with Crippen LogP contribution in [0.5, 0.6) is 5.75 Å². The molecule has 0 amide bonds. The molecule has 0 radical (unpaired) electrons. The standard InChI is InChI=1S/C28H24Br2O3/c1-33-24-14-8-20(9-15-24)28-26(32)16-21(5-2-18-3-10-22(29)11-4-18)25(17-31)27(28)19-6-12-23(30)13-7-19/h2-15,17,21,25,27-28H,16H2,1H3/b5-2+/t21-,25+,27-,28-/m1/s1. The van der Waals surface area contributed by atoms with Crippen LogP contribution in [0.3, 0.4) is 0 Å². The average molecular weight is 568 g/mol. The van der Waals surface area contributed by atoms with Crippen molar-refractivity contribution in [2.45, 2.75) is 18.3 Å². The zero-order valence-electron chi connectivity index (χ0n) is 18.2. The fourth-order valence-electron chi connectivity index (χ4n) is 4.68. The van der Waals surface area contributed by atoms with Crippen LogP contribution < -0.4 is 4.74 Å². The third-order valence-corrected chi connectivity index (χ3v) is 7.40. The van der Waals surface area contributed by atoms with Crippen LogP contribution in [0.1, 0.15) is 34.9 Å². The highest BCUT2D eigenvalue weighted by molar-refractivity contribution is 9.10. The molecule has 168 valence electrons. The molecule has 3 aromatic rings. The van der Waals surface area contributed by atoms with Crippen molar-refractivity contribution >= 4 is 50.0 Å². The smallest absolute Gasteiger partial charge is 0.141 e. The minimum absolute atomic E-state index is 0.150. The summed E-state index contributed by atoms with van der Waals surface area (Å²) in [5.74, 6) is -0.222. The number of rotatable bonds is 6. The van der Waals surface area contributed by atoms with Crippen LogP contribution in [-0.4, -0.2) is 19.2 Å². The number of ether oxygens (including phenoxy) is 1. The molecule has 0 heterocycles. The molecule has 0 bridgehead atoms. The molecular formula is C28H24Br2O3. The van der Waals surface area contributed by atoms with Gasteiger partial charge in [-0.15, -0.1) is 0 Å². The summed E-state index contributed by atoms with van der Waals surface area (Å²) < 4.78 is 7.26. The number of Topliss-reactive ketones (excluding diaryl/α,β-unsaturated/α-hetero) is 1. The number of halogens is 2. The second-order valence-corrected chi connectivity index (χ2v) is 10.1. The third kappa shape index (κ3) is 5.36. The lowest BCUT2D eigenvalue weighted by Crippen LogP contribution is -2.38. The number of carbonyl (C=O) groups is 2. The van der Waals surface area contributed by atoms with E-state index in [1.165, 1.54) is 0 Å². The van der Waals surface area contributed by atoms with E-state index < -0.39 is 0 Å². The number of carbonyl (C=O) groups excluding carboxylic acids is 2. The maximum absolute atomic E-state index is 13.5. The summed E-state index contributed by atoms with van der Waals surface area (Å²) in [4.78, 5) is 26.0. The van der Waals surface area contributed by atoms with Gasteiger partial charge in [-0.25, -0.2) is 0 Å². The summed E-state index contributed by atoms with van der Waals surface area (Å²) in [6.07, 6.45) is 5.40. The molecule has 3 aromatic carbocycles. The van der Waals surface area contributed by atoms with Crippen LogP contribution in [0.4, 0.5) is 0 Å². The molecule has 0 aromatic heterocycles. The zero-order chi connectivity index (χ0) is 23.4. The van der Waals surface area contributed by atoms with Crippen molar-refractivity contribution in [1.29, 1.82) is 0 Å². The predicted octanol–water partition coefficient (Wildman–Crippen LogP) is 7.21. The van der Waals surface area contributed by atoms with Gasteiger partial charge in [0.1, 0.15) is 17.8 Å². The average Bonchev–Trinajstić information content (AvgIpc) is 2.84. The van der Waals surface area contributed by atoms with Crippen molar-refractivity contribution in [1.82, 2.24) is 0 Å². The summed E-state index contributed by atoms with van der Waals surface area (Å²) in [7, 11) is 1.62. The molecule has 5 heteroatoms. The van der Waals surface area contributed by atoms with Gasteiger partial charge in [0.25, 0.3) is 0 Å². The van der Waals surface area contributed by atoms with Crippen molar-refractivity contribution in [3.8, 4) is 5.75 Å². The van der Waals surface area contributed by atoms with Gasteiger partial charge in [0, 0.05) is 27.2 Å². The second kappa shape index (κ2) is 10.6. The zero-order valence-corrected chi connectivity index (χ0v) is 21.3. The summed E-state index contributed by atoms with van der Waals surface area (Å²) in [6, 6.07) is 23.5. The lowest BCUT2D eigenvalue weighted by atomic mass is 9.62. The molecule has 33 heavy (non-hydrogen) atoms. The molecule has 0 aliphatic heterocycles. The van der Waals surface area contributed by atoms with Gasteiger partial charge in [-0.05, 0) is 59.0 Å². The van der Waals surface area contributed by atoms with Crippen molar-refractivity contribution < 1.29 is 14.3 Å². The van der Waals surface area contributed by atoms with E-state index in [4.69, 9.17) is 4.74 Å². The quantitative estimate of drug-likeness (QED) is 0.296. The molecule has 0 N–H and O–H groups in total. The second-order valence-electron chi connectivity index (χ2n) is 8.29. The van der Waals surface area contributed by atoms with Crippen LogP contribution in [0.25, 0.3) is 6.08 Å². The van der Waals surface area contributed by atoms with Crippen LogP contribution in [-0.2, 0) is 9.59 Å². The number of benzene rings is 3. The van der Waals surface area contributed by atoms with E-state index >= 15 is 0 Å². The normalized spacial score (nSPS) is 22.9. The third-order valence-electron chi connectivity index (χ3n) is 6.34. The Balaban J connectivity index is 1.73. The Morgan fingerprint density at radius 3 is 2.00 bits per heavy atom. The van der Waals surface area contributed by atoms with E-state index in [-0.39, 0.29) is 29.5 Å². The van der Waals surface area contributed by atoms with E-state index in [1.54, 1.807) is 7.11 Å². The highest BCUT2D eigenvalue weighted by atomic mass is 79.9. The predicted molar refractivity (Wildman–Crippen MR) is 138 cm³/mol. The minimum atomic E-state index is -0.385. The number of allylic oxidation sites excluding steroid dienone is 1. The van der Waals surface area contributed by atoms with Gasteiger partial charge in [0.15, 0.2) is 0 Å². The molecule has 0 saturated heterocycles. The van der Waals surface area contributed by atoms with Crippen molar-refractivity contribution in [3.05, 3.63) is 105 Å². The number of hydrogen-bond donors (Lipinski definition) is 0. The van der Waals surface area contributed by atoms with E-state index in [1.807, 2.05) is 84.9 Å². The minimum Gasteiger partial charge on any atom is -0.497 e. The maximum Gasteiger partial charge on any atom is 0.141 e. The number of methoxy groups -OCH3 is 1. The fourth-order valence-corrected chi connectivity index (χ4v) is 5.21. The van der Waals surface area contributed by atoms with Crippen LogP contribution in [0.2, 0.25) is 0 Å². The first-order chi connectivity index (χ1) is 16.0. The lowest BCUT2D eigenvalue weighted by Gasteiger charge is -2.39. The van der Waals surface area contributed by atoms with E-state index in [2.05, 4.69) is 31.9 Å². The molecule has 1 aliphatic rings. The van der Waals surface area contributed by atoms with Gasteiger partial charge in [-0.1, -0.05) is 80.4 Å². The summed E-state index contributed by atoms with van der Waals surface area (Å²) >= 11 is 6.94. The maximum atomic E-state index is 13.5. The Bertz CT molecular complexity index is 1140. The van der Waals surface area contributed by atoms with Gasteiger partial charge in [0.05, 0.1) is 13.0 Å². The Morgan fingerprint density at radius 1 is 0.848 bits per heavy atom. The largest absolute Gasteiger partial charge is 0.497 e. The Kier molecular flexibility index (Phi) is 7.61. The van der Waals surface area contributed by atoms with Crippen LogP contribution in [0, 0.1) is 11.8 Å². The van der Waals surface area contributed by atoms with Crippen LogP contribution in [0.15, 0.2) is 87.8 Å². The van der Waals surface area contributed by atoms with Gasteiger partial charge < -0.3 is 9.53 Å². The van der Waals surface area contributed by atoms with E-state index in [9.17, 15) is 9.59 Å². The molecule has 1 saturated carbocycles. The first-order valence-electron chi connectivity index (χ1n) is 10.8. The lowest BCUT2D eigenvalue weighted by molar-refractivity contribution is -0.126. The Morgan fingerprint density at radius 2 is 1.42 bits per heavy atom. The highest BCUT2D eigenvalue weighted by Crippen LogP contribution is 2.48. The summed E-state index contributed by atoms with van der Waals surface area (Å²) in [5.41, 5.74) is 2.94. The first-order valence-corrected chi connectivity index (χ1v) is 12.4. The molecular weight excluding hydrogens is 544 g/mol. The van der Waals surface area contributed by atoms with Crippen molar-refractivity contribution in [3.63, 3.8) is 0 Å². The summed E-state index contributed by atoms with van der Waals surface area (Å²) in [6.45, 7) is 0. The summed E-state index contributed by atoms with van der Waals surface area (Å²) in [5, 5.41) is 0. The monoisotopic (exact) mass is 566 g/mol. The Hall–Kier alpha value is -2.50. The molecule has 0 unspecified atom stereocenters. The molecule has 1 aliphatic carbocycles. The van der Waals surface area contributed by atoms with Gasteiger partial charge >= 0.3 is 0 Å². The number of ketones is 1. The Labute approximate surface area is 211 Å². The highest BCUT2D eigenvalue weighted by Gasteiger charge is 2.44. The SMILES string of the molecule is COc1ccc([C@@H]2C(=O)C[C@@H](/C=C/c3ccc(Br)cc3)[C@H](C=O)[C@H]2c2ccc(Br)cc2)cc1. The molecule has 0 spiro atoms. The van der Waals surface area contributed by atoms with Gasteiger partial charge in [0.2, 0.25) is 0 Å². The molecule has 3 nitrogen and oxygen atoms in total. The first kappa shape index (κ1) is 23.7. The molecule has 4 atom stereocenters. The van der Waals surface area contributed by atoms with E-state index in [0.717, 1.165) is 37.7 Å².